The van der Waals surface area contributed by atoms with Crippen molar-refractivity contribution in [2.24, 2.45) is 0 Å². The van der Waals surface area contributed by atoms with Crippen molar-refractivity contribution >= 4 is 33.1 Å². The second-order valence-electron chi connectivity index (χ2n) is 6.67. The summed E-state index contributed by atoms with van der Waals surface area (Å²) in [6.45, 7) is 2.76. The molecule has 0 unspecified atom stereocenters. The van der Waals surface area contributed by atoms with Gasteiger partial charge in [0, 0.05) is 5.69 Å². The molecule has 1 amide bonds. The van der Waals surface area contributed by atoms with Gasteiger partial charge in [0.05, 0.1) is 28.8 Å². The summed E-state index contributed by atoms with van der Waals surface area (Å²) in [7, 11) is 0. The van der Waals surface area contributed by atoms with Gasteiger partial charge in [-0.05, 0) is 68.5 Å². The third-order valence-electron chi connectivity index (χ3n) is 4.40. The van der Waals surface area contributed by atoms with E-state index in [1.165, 1.54) is 6.42 Å². The number of hydrogen-bond acceptors (Lipinski definition) is 4. The number of anilines is 1. The minimum Gasteiger partial charge on any atom is -0.494 e. The Morgan fingerprint density at radius 1 is 1.18 bits per heavy atom. The van der Waals surface area contributed by atoms with Crippen molar-refractivity contribution in [3.05, 3.63) is 65.7 Å². The molecule has 0 radical (unpaired) electrons. The van der Waals surface area contributed by atoms with E-state index in [2.05, 4.69) is 29.4 Å². The predicted molar refractivity (Wildman–Crippen MR) is 117 cm³/mol. The molecule has 4 nitrogen and oxygen atoms in total. The summed E-state index contributed by atoms with van der Waals surface area (Å²) in [5, 5.41) is 2.96. The maximum absolute atomic E-state index is 12.4. The number of unbranched alkanes of at least 4 members (excludes halogenated alkanes) is 3. The fraction of sp³-hybridized carbons (Fsp3) is 0.304. The van der Waals surface area contributed by atoms with Gasteiger partial charge in [-0.2, -0.15) is 0 Å². The Bertz CT molecular complexity index is 933. The number of benzene rings is 2. The Labute approximate surface area is 170 Å². The van der Waals surface area contributed by atoms with Gasteiger partial charge in [-0.3, -0.25) is 4.79 Å². The predicted octanol–water partition coefficient (Wildman–Crippen LogP) is 5.99. The third-order valence-corrected chi connectivity index (χ3v) is 5.19. The lowest BCUT2D eigenvalue weighted by Gasteiger charge is -2.09. The summed E-state index contributed by atoms with van der Waals surface area (Å²) in [6, 6.07) is 13.6. The first-order valence-electron chi connectivity index (χ1n) is 9.70. The molecule has 0 aliphatic carbocycles. The minimum absolute atomic E-state index is 0.0370. The molecule has 28 heavy (non-hydrogen) atoms. The van der Waals surface area contributed by atoms with Crippen LogP contribution in [0.1, 0.15) is 38.2 Å². The van der Waals surface area contributed by atoms with Crippen molar-refractivity contribution < 1.29 is 9.53 Å². The number of nitrogens with zero attached hydrogens (tertiary/aromatic N) is 1. The normalized spacial score (nSPS) is 11.2. The van der Waals surface area contributed by atoms with Crippen LogP contribution in [-0.4, -0.2) is 17.5 Å². The van der Waals surface area contributed by atoms with Crippen LogP contribution in [0.5, 0.6) is 5.75 Å². The molecule has 0 spiro atoms. The van der Waals surface area contributed by atoms with Gasteiger partial charge in [0.25, 0.3) is 0 Å². The smallest absolute Gasteiger partial charge is 0.228 e. The Hall–Kier alpha value is -2.66. The highest BCUT2D eigenvalue weighted by Crippen LogP contribution is 2.22. The van der Waals surface area contributed by atoms with Crippen LogP contribution in [0.2, 0.25) is 0 Å². The topological polar surface area (TPSA) is 51.2 Å². The third kappa shape index (κ3) is 6.20. The number of nitrogens with one attached hydrogen (secondary N) is 1. The van der Waals surface area contributed by atoms with Gasteiger partial charge in [0.15, 0.2) is 0 Å². The van der Waals surface area contributed by atoms with E-state index in [4.69, 9.17) is 4.74 Å². The first-order valence-corrected chi connectivity index (χ1v) is 10.6. The quantitative estimate of drug-likeness (QED) is 0.339. The van der Waals surface area contributed by atoms with E-state index < -0.39 is 0 Å². The first kappa shape index (κ1) is 20.1. The molecule has 0 atom stereocenters. The zero-order valence-corrected chi connectivity index (χ0v) is 17.0. The number of carbonyl (C=O) groups is 1. The van der Waals surface area contributed by atoms with Crippen LogP contribution < -0.4 is 10.1 Å². The zero-order valence-electron chi connectivity index (χ0n) is 16.2. The molecule has 3 aromatic rings. The summed E-state index contributed by atoms with van der Waals surface area (Å²) in [5.41, 5.74) is 4.51. The molecule has 1 heterocycles. The number of fused-ring (bicyclic) bond motifs is 1. The van der Waals surface area contributed by atoms with Crippen LogP contribution in [0, 0.1) is 0 Å². The fourth-order valence-electron chi connectivity index (χ4n) is 2.97. The molecular weight excluding hydrogens is 368 g/mol. The highest BCUT2D eigenvalue weighted by molar-refractivity contribution is 7.16. The first-order chi connectivity index (χ1) is 13.7. The summed E-state index contributed by atoms with van der Waals surface area (Å²) in [5.74, 6) is 0.787. The maximum atomic E-state index is 12.4. The number of ether oxygens (including phenoxy) is 1. The molecule has 0 aliphatic rings. The van der Waals surface area contributed by atoms with E-state index in [1.807, 2.05) is 48.0 Å². The van der Waals surface area contributed by atoms with Crippen LogP contribution in [-0.2, 0) is 11.2 Å². The van der Waals surface area contributed by atoms with Crippen molar-refractivity contribution in [2.75, 3.05) is 11.9 Å². The largest absolute Gasteiger partial charge is 0.494 e. The Kier molecular flexibility index (Phi) is 7.62. The lowest BCUT2D eigenvalue weighted by atomic mass is 10.1. The number of rotatable bonds is 10. The number of amides is 1. The van der Waals surface area contributed by atoms with Gasteiger partial charge < -0.3 is 10.1 Å². The molecule has 146 valence electrons. The molecule has 1 aromatic heterocycles. The average molecular weight is 395 g/mol. The fourth-order valence-corrected chi connectivity index (χ4v) is 3.68. The lowest BCUT2D eigenvalue weighted by molar-refractivity contribution is -0.115. The van der Waals surface area contributed by atoms with E-state index >= 15 is 0 Å². The molecule has 0 fully saturated rings. The highest BCUT2D eigenvalue weighted by atomic mass is 32.1. The van der Waals surface area contributed by atoms with Crippen molar-refractivity contribution in [3.63, 3.8) is 0 Å². The van der Waals surface area contributed by atoms with Crippen LogP contribution in [0.15, 0.2) is 60.1 Å². The summed E-state index contributed by atoms with van der Waals surface area (Å²) >= 11 is 1.57. The van der Waals surface area contributed by atoms with E-state index in [9.17, 15) is 4.79 Å². The van der Waals surface area contributed by atoms with Crippen molar-refractivity contribution in [2.45, 2.75) is 39.0 Å². The van der Waals surface area contributed by atoms with E-state index in [0.717, 1.165) is 46.5 Å². The van der Waals surface area contributed by atoms with Crippen molar-refractivity contribution in [3.8, 4) is 5.75 Å². The van der Waals surface area contributed by atoms with Gasteiger partial charge in [-0.25, -0.2) is 4.98 Å². The standard InChI is InChI=1S/C23H26N2O2S/c1-2-3-4-5-6-7-13-27-20-10-8-9-18(14-20)15-23(26)25-19-11-12-21-22(16-19)28-17-24-21/h2-3,8-12,14,16-17H,4-7,13,15H2,1H3,(H,25,26)/b3-2+. The average Bonchev–Trinajstić information content (AvgIpc) is 3.15. The van der Waals surface area contributed by atoms with Gasteiger partial charge >= 0.3 is 0 Å². The Morgan fingerprint density at radius 3 is 3.00 bits per heavy atom. The molecule has 0 saturated carbocycles. The number of hydrogen-bond donors (Lipinski definition) is 1. The van der Waals surface area contributed by atoms with Gasteiger partial charge in [-0.15, -0.1) is 11.3 Å². The van der Waals surface area contributed by atoms with Gasteiger partial charge in [0.2, 0.25) is 5.91 Å². The Balaban J connectivity index is 1.46. The van der Waals surface area contributed by atoms with Gasteiger partial charge in [0.1, 0.15) is 5.75 Å². The molecular formula is C23H26N2O2S. The lowest BCUT2D eigenvalue weighted by Crippen LogP contribution is -2.14. The second kappa shape index (κ2) is 10.6. The van der Waals surface area contributed by atoms with Crippen LogP contribution in [0.25, 0.3) is 10.2 Å². The van der Waals surface area contributed by atoms with E-state index in [1.54, 1.807) is 11.3 Å². The molecule has 0 saturated heterocycles. The SMILES string of the molecule is C/C=C/CCCCCOc1cccc(CC(=O)Nc2ccc3ncsc3c2)c1. The summed E-state index contributed by atoms with van der Waals surface area (Å²) in [6.07, 6.45) is 9.15. The summed E-state index contributed by atoms with van der Waals surface area (Å²) in [4.78, 5) is 16.6. The van der Waals surface area contributed by atoms with Crippen LogP contribution in [0.4, 0.5) is 5.69 Å². The molecule has 0 aliphatic heterocycles. The summed E-state index contributed by atoms with van der Waals surface area (Å²) < 4.78 is 6.91. The van der Waals surface area contributed by atoms with Crippen LogP contribution >= 0.6 is 11.3 Å². The molecule has 3 rings (SSSR count). The van der Waals surface area contributed by atoms with E-state index in [-0.39, 0.29) is 5.91 Å². The molecule has 5 heteroatoms. The zero-order chi connectivity index (χ0) is 19.6. The minimum atomic E-state index is -0.0370. The highest BCUT2D eigenvalue weighted by Gasteiger charge is 2.07. The van der Waals surface area contributed by atoms with E-state index in [0.29, 0.717) is 13.0 Å². The number of thiazole rings is 1. The number of aromatic nitrogens is 1. The van der Waals surface area contributed by atoms with Gasteiger partial charge in [-0.1, -0.05) is 24.3 Å². The number of carbonyl (C=O) groups excluding carboxylic acids is 1. The number of allylic oxidation sites excluding steroid dienone is 2. The molecule has 2 aromatic carbocycles. The molecule has 1 N–H and O–H groups in total. The maximum Gasteiger partial charge on any atom is 0.228 e. The Morgan fingerprint density at radius 2 is 2.11 bits per heavy atom. The van der Waals surface area contributed by atoms with Crippen molar-refractivity contribution in [1.29, 1.82) is 0 Å². The van der Waals surface area contributed by atoms with Crippen LogP contribution in [0.3, 0.4) is 0 Å². The monoisotopic (exact) mass is 394 g/mol. The second-order valence-corrected chi connectivity index (χ2v) is 7.56. The van der Waals surface area contributed by atoms with Crippen molar-refractivity contribution in [1.82, 2.24) is 4.98 Å². The molecule has 0 bridgehead atoms.